The van der Waals surface area contributed by atoms with Gasteiger partial charge in [-0.2, -0.15) is 0 Å². The Bertz CT molecular complexity index is 1150. The van der Waals surface area contributed by atoms with Gasteiger partial charge in [0.2, 0.25) is 0 Å². The molecule has 30 heavy (non-hydrogen) atoms. The molecule has 1 saturated heterocycles. The molecule has 0 bridgehead atoms. The Labute approximate surface area is 175 Å². The van der Waals surface area contributed by atoms with Crippen LogP contribution in [0.5, 0.6) is 0 Å². The van der Waals surface area contributed by atoms with E-state index >= 15 is 0 Å². The van der Waals surface area contributed by atoms with Crippen molar-refractivity contribution in [3.05, 3.63) is 72.1 Å². The third-order valence-electron chi connectivity index (χ3n) is 6.00. The van der Waals surface area contributed by atoms with Crippen LogP contribution in [0.25, 0.3) is 22.4 Å². The molecule has 1 aliphatic heterocycles. The summed E-state index contributed by atoms with van der Waals surface area (Å²) in [7, 11) is 0. The number of aromatic nitrogens is 4. The maximum atomic E-state index is 13.6. The number of hydrogen-bond acceptors (Lipinski definition) is 3. The number of benzene rings is 2. The third kappa shape index (κ3) is 4.00. The van der Waals surface area contributed by atoms with Gasteiger partial charge in [0, 0.05) is 24.5 Å². The lowest BCUT2D eigenvalue weighted by Crippen LogP contribution is -2.32. The van der Waals surface area contributed by atoms with E-state index in [0.717, 1.165) is 40.7 Å². The van der Waals surface area contributed by atoms with Crippen LogP contribution in [-0.4, -0.2) is 37.5 Å². The summed E-state index contributed by atoms with van der Waals surface area (Å²) in [6.07, 6.45) is 6.21. The molecule has 0 radical (unpaired) electrons. The van der Waals surface area contributed by atoms with Gasteiger partial charge in [0.15, 0.2) is 0 Å². The van der Waals surface area contributed by atoms with Gasteiger partial charge in [0.25, 0.3) is 0 Å². The third-order valence-corrected chi connectivity index (χ3v) is 6.00. The highest BCUT2D eigenvalue weighted by atomic mass is 19.1. The Kier molecular flexibility index (Phi) is 5.09. The predicted molar refractivity (Wildman–Crippen MR) is 116 cm³/mol. The van der Waals surface area contributed by atoms with E-state index in [0.29, 0.717) is 6.54 Å². The highest BCUT2D eigenvalue weighted by molar-refractivity contribution is 5.75. The first-order chi connectivity index (χ1) is 14.6. The Morgan fingerprint density at radius 1 is 1.10 bits per heavy atom. The van der Waals surface area contributed by atoms with E-state index in [1.54, 1.807) is 12.3 Å². The van der Waals surface area contributed by atoms with Crippen molar-refractivity contribution in [1.29, 1.82) is 0 Å². The molecule has 2 aromatic carbocycles. The topological polar surface area (TPSA) is 49.7 Å². The molecular formula is C24H26FN5. The van der Waals surface area contributed by atoms with Crippen LogP contribution in [0.2, 0.25) is 0 Å². The molecule has 0 spiro atoms. The molecule has 1 aliphatic rings. The summed E-state index contributed by atoms with van der Waals surface area (Å²) in [6, 6.07) is 13.0. The van der Waals surface area contributed by atoms with Crippen LogP contribution in [0.15, 0.2) is 54.9 Å². The second-order valence-electron chi connectivity index (χ2n) is 8.38. The zero-order valence-corrected chi connectivity index (χ0v) is 17.2. The van der Waals surface area contributed by atoms with Crippen LogP contribution in [0, 0.1) is 11.7 Å². The fourth-order valence-electron chi connectivity index (χ4n) is 4.24. The molecule has 5 rings (SSSR count). The fraction of sp³-hybridized carbons (Fsp3) is 0.333. The summed E-state index contributed by atoms with van der Waals surface area (Å²) in [5.41, 5.74) is 4.08. The van der Waals surface area contributed by atoms with Crippen LogP contribution in [-0.2, 0) is 13.1 Å². The summed E-state index contributed by atoms with van der Waals surface area (Å²) >= 11 is 0. The maximum Gasteiger partial charge on any atom is 0.140 e. The minimum atomic E-state index is -0.263. The molecule has 0 aliphatic carbocycles. The molecule has 2 aromatic heterocycles. The lowest BCUT2D eigenvalue weighted by atomic mass is 9.99. The summed E-state index contributed by atoms with van der Waals surface area (Å²) in [5.74, 6) is 2.18. The number of hydrogen-bond donors (Lipinski definition) is 1. The molecule has 1 N–H and O–H groups in total. The lowest BCUT2D eigenvalue weighted by molar-refractivity contribution is 0.185. The Morgan fingerprint density at radius 3 is 2.80 bits per heavy atom. The number of fused-ring (bicyclic) bond motifs is 1. The largest absolute Gasteiger partial charge is 0.340 e. The number of aromatic amines is 1. The summed E-state index contributed by atoms with van der Waals surface area (Å²) in [5, 5.41) is 0. The average molecular weight is 404 g/mol. The number of likely N-dealkylation sites (tertiary alicyclic amines) is 1. The van der Waals surface area contributed by atoms with E-state index < -0.39 is 0 Å². The van der Waals surface area contributed by atoms with Crippen molar-refractivity contribution in [2.45, 2.75) is 32.9 Å². The predicted octanol–water partition coefficient (Wildman–Crippen LogP) is 4.85. The molecule has 154 valence electrons. The molecule has 0 unspecified atom stereocenters. The van der Waals surface area contributed by atoms with Crippen LogP contribution >= 0.6 is 0 Å². The van der Waals surface area contributed by atoms with Gasteiger partial charge >= 0.3 is 0 Å². The quantitative estimate of drug-likeness (QED) is 0.518. The van der Waals surface area contributed by atoms with Gasteiger partial charge in [-0.05, 0) is 61.7 Å². The van der Waals surface area contributed by atoms with Crippen molar-refractivity contribution < 1.29 is 4.39 Å². The Hall–Kier alpha value is -2.99. The van der Waals surface area contributed by atoms with Crippen molar-refractivity contribution in [3.63, 3.8) is 0 Å². The lowest BCUT2D eigenvalue weighted by Gasteiger charge is -2.30. The zero-order valence-electron chi connectivity index (χ0n) is 17.2. The van der Waals surface area contributed by atoms with Gasteiger partial charge in [0.1, 0.15) is 17.5 Å². The normalized spacial score (nSPS) is 15.8. The first kappa shape index (κ1) is 19.0. The van der Waals surface area contributed by atoms with E-state index in [1.807, 2.05) is 16.8 Å². The van der Waals surface area contributed by atoms with Gasteiger partial charge in [-0.25, -0.2) is 14.4 Å². The molecule has 4 aromatic rings. The first-order valence-electron chi connectivity index (χ1n) is 10.6. The standard InChI is InChI=1S/C24H26FN5/c1-17-7-10-29(11-8-17)15-18-5-6-21-22(13-18)28-23(27-21)16-30-12-9-26-24(30)19-3-2-4-20(25)14-19/h2-6,9,12-14,17H,7-8,10-11,15-16H2,1H3,(H,27,28). The van der Waals surface area contributed by atoms with Crippen molar-refractivity contribution in [3.8, 4) is 11.4 Å². The van der Waals surface area contributed by atoms with Crippen molar-refractivity contribution in [1.82, 2.24) is 24.4 Å². The fourth-order valence-corrected chi connectivity index (χ4v) is 4.24. The monoisotopic (exact) mass is 403 g/mol. The van der Waals surface area contributed by atoms with Gasteiger partial charge < -0.3 is 9.55 Å². The second kappa shape index (κ2) is 8.03. The molecule has 0 saturated carbocycles. The zero-order chi connectivity index (χ0) is 20.5. The SMILES string of the molecule is CC1CCN(Cc2ccc3[nH]c(Cn4ccnc4-c4cccc(F)c4)nc3c2)CC1. The van der Waals surface area contributed by atoms with Crippen molar-refractivity contribution in [2.24, 2.45) is 5.92 Å². The van der Waals surface area contributed by atoms with Crippen molar-refractivity contribution in [2.75, 3.05) is 13.1 Å². The number of rotatable bonds is 5. The number of nitrogens with zero attached hydrogens (tertiary/aromatic N) is 4. The van der Waals surface area contributed by atoms with Crippen LogP contribution in [0.4, 0.5) is 4.39 Å². The van der Waals surface area contributed by atoms with E-state index in [4.69, 9.17) is 4.98 Å². The van der Waals surface area contributed by atoms with E-state index in [-0.39, 0.29) is 5.82 Å². The van der Waals surface area contributed by atoms with Gasteiger partial charge in [-0.3, -0.25) is 4.90 Å². The van der Waals surface area contributed by atoms with Gasteiger partial charge in [0.05, 0.1) is 17.6 Å². The first-order valence-corrected chi connectivity index (χ1v) is 10.6. The highest BCUT2D eigenvalue weighted by Gasteiger charge is 2.16. The molecule has 6 heteroatoms. The molecule has 3 heterocycles. The maximum absolute atomic E-state index is 13.6. The summed E-state index contributed by atoms with van der Waals surface area (Å²) < 4.78 is 15.6. The van der Waals surface area contributed by atoms with Crippen LogP contribution < -0.4 is 0 Å². The number of H-pyrrole nitrogens is 1. The van der Waals surface area contributed by atoms with Crippen LogP contribution in [0.3, 0.4) is 0 Å². The average Bonchev–Trinajstić information content (AvgIpc) is 3.36. The summed E-state index contributed by atoms with van der Waals surface area (Å²) in [4.78, 5) is 15.2. The van der Waals surface area contributed by atoms with Crippen molar-refractivity contribution >= 4 is 11.0 Å². The summed E-state index contributed by atoms with van der Waals surface area (Å²) in [6.45, 7) is 6.23. The molecular weight excluding hydrogens is 377 g/mol. The molecule has 0 amide bonds. The van der Waals surface area contributed by atoms with E-state index in [9.17, 15) is 4.39 Å². The number of imidazole rings is 2. The molecule has 1 fully saturated rings. The minimum Gasteiger partial charge on any atom is -0.340 e. The van der Waals surface area contributed by atoms with Gasteiger partial charge in [-0.1, -0.05) is 25.1 Å². The van der Waals surface area contributed by atoms with Gasteiger partial charge in [-0.15, -0.1) is 0 Å². The van der Waals surface area contributed by atoms with Crippen LogP contribution in [0.1, 0.15) is 31.2 Å². The Morgan fingerprint density at radius 2 is 1.97 bits per heavy atom. The molecule has 0 atom stereocenters. The second-order valence-corrected chi connectivity index (χ2v) is 8.38. The van der Waals surface area contributed by atoms with E-state index in [2.05, 4.69) is 40.0 Å². The van der Waals surface area contributed by atoms with E-state index in [1.165, 1.54) is 43.6 Å². The number of nitrogens with one attached hydrogen (secondary N) is 1. The number of halogens is 1. The minimum absolute atomic E-state index is 0.263. The molecule has 5 nitrogen and oxygen atoms in total. The number of piperidine rings is 1. The Balaban J connectivity index is 1.34. The highest BCUT2D eigenvalue weighted by Crippen LogP contribution is 2.22. The smallest absolute Gasteiger partial charge is 0.140 e.